The van der Waals surface area contributed by atoms with Gasteiger partial charge in [0.15, 0.2) is 0 Å². The lowest BCUT2D eigenvalue weighted by Gasteiger charge is -2.12. The summed E-state index contributed by atoms with van der Waals surface area (Å²) in [7, 11) is 1.27. The Bertz CT molecular complexity index is 554. The molecule has 7 heteroatoms. The number of nitro groups is 1. The van der Waals surface area contributed by atoms with Crippen LogP contribution < -0.4 is 0 Å². The number of nitrogens with zero attached hydrogens (tertiary/aromatic N) is 2. The van der Waals surface area contributed by atoms with Crippen LogP contribution in [-0.2, 0) is 9.53 Å². The number of nitro benzene ring substituents is 1. The van der Waals surface area contributed by atoms with Crippen molar-refractivity contribution in [3.8, 4) is 5.75 Å². The van der Waals surface area contributed by atoms with E-state index < -0.39 is 16.9 Å². The maximum Gasteiger partial charge on any atom is 0.330 e. The second-order valence-electron chi connectivity index (χ2n) is 4.95. The van der Waals surface area contributed by atoms with Crippen LogP contribution in [-0.4, -0.2) is 35.4 Å². The van der Waals surface area contributed by atoms with E-state index in [1.54, 1.807) is 0 Å². The average Bonchev–Trinajstić information content (AvgIpc) is 2.43. The summed E-state index contributed by atoms with van der Waals surface area (Å²) < 4.78 is 4.67. The average molecular weight is 294 g/mol. The van der Waals surface area contributed by atoms with Crippen molar-refractivity contribution in [1.82, 2.24) is 0 Å². The van der Waals surface area contributed by atoms with Crippen molar-refractivity contribution < 1.29 is 19.6 Å². The summed E-state index contributed by atoms with van der Waals surface area (Å²) in [5.41, 5.74) is 0.0228. The number of phenols is 1. The van der Waals surface area contributed by atoms with E-state index in [2.05, 4.69) is 9.73 Å². The van der Waals surface area contributed by atoms with E-state index in [1.165, 1.54) is 31.5 Å². The smallest absolute Gasteiger partial charge is 0.330 e. The van der Waals surface area contributed by atoms with E-state index in [0.29, 0.717) is 6.42 Å². The van der Waals surface area contributed by atoms with Crippen molar-refractivity contribution in [3.05, 3.63) is 33.9 Å². The summed E-state index contributed by atoms with van der Waals surface area (Å²) in [5, 5.41) is 20.4. The molecule has 0 radical (unpaired) electrons. The largest absolute Gasteiger partial charge is 0.507 e. The molecule has 7 nitrogen and oxygen atoms in total. The Morgan fingerprint density at radius 2 is 2.19 bits per heavy atom. The number of carbonyl (C=O) groups is 1. The standard InChI is InChI=1S/C14H18N2O5/c1-9(2)6-12(14(18)21-3)15-8-10-7-11(16(19)20)4-5-13(10)17/h4-5,7-9,12,17H,6H2,1-3H3/t12-/m1/s1. The van der Waals surface area contributed by atoms with Crippen LogP contribution in [0.2, 0.25) is 0 Å². The van der Waals surface area contributed by atoms with E-state index in [1.807, 2.05) is 13.8 Å². The zero-order valence-electron chi connectivity index (χ0n) is 12.1. The third-order valence-corrected chi connectivity index (χ3v) is 2.78. The fourth-order valence-corrected chi connectivity index (χ4v) is 1.73. The number of phenolic OH excluding ortho intramolecular Hbond substituents is 1. The lowest BCUT2D eigenvalue weighted by Crippen LogP contribution is -2.22. The Labute approximate surface area is 122 Å². The predicted molar refractivity (Wildman–Crippen MR) is 77.6 cm³/mol. The maximum absolute atomic E-state index is 11.6. The van der Waals surface area contributed by atoms with Crippen molar-refractivity contribution in [1.29, 1.82) is 0 Å². The molecule has 0 bridgehead atoms. The first-order valence-electron chi connectivity index (χ1n) is 6.43. The van der Waals surface area contributed by atoms with E-state index in [0.717, 1.165) is 0 Å². The van der Waals surface area contributed by atoms with Crippen LogP contribution >= 0.6 is 0 Å². The molecule has 0 aliphatic heterocycles. The number of ether oxygens (including phenoxy) is 1. The number of methoxy groups -OCH3 is 1. The SMILES string of the molecule is COC(=O)[C@@H](CC(C)C)N=Cc1cc([N+](=O)[O-])ccc1O. The van der Waals surface area contributed by atoms with Crippen LogP contribution in [0.4, 0.5) is 5.69 Å². The highest BCUT2D eigenvalue weighted by Gasteiger charge is 2.19. The summed E-state index contributed by atoms with van der Waals surface area (Å²) in [6, 6.07) is 2.91. The number of benzene rings is 1. The summed E-state index contributed by atoms with van der Waals surface area (Å²) in [6.45, 7) is 3.88. The fourth-order valence-electron chi connectivity index (χ4n) is 1.73. The minimum atomic E-state index is -0.700. The van der Waals surface area contributed by atoms with Gasteiger partial charge in [-0.25, -0.2) is 4.79 Å². The van der Waals surface area contributed by atoms with Gasteiger partial charge in [0.2, 0.25) is 0 Å². The summed E-state index contributed by atoms with van der Waals surface area (Å²) in [5.74, 6) is -0.396. The fraction of sp³-hybridized carbons (Fsp3) is 0.429. The van der Waals surface area contributed by atoms with Crippen LogP contribution in [0.15, 0.2) is 23.2 Å². The second kappa shape index (κ2) is 7.37. The molecular formula is C14H18N2O5. The van der Waals surface area contributed by atoms with Crippen LogP contribution in [0.3, 0.4) is 0 Å². The highest BCUT2D eigenvalue weighted by atomic mass is 16.6. The van der Waals surface area contributed by atoms with Gasteiger partial charge in [-0.2, -0.15) is 0 Å². The van der Waals surface area contributed by atoms with Gasteiger partial charge < -0.3 is 9.84 Å². The summed E-state index contributed by atoms with van der Waals surface area (Å²) in [4.78, 5) is 25.8. The molecule has 0 aliphatic carbocycles. The molecule has 1 rings (SSSR count). The van der Waals surface area contributed by atoms with Gasteiger partial charge in [-0.05, 0) is 18.4 Å². The number of esters is 1. The van der Waals surface area contributed by atoms with Crippen molar-refractivity contribution in [2.24, 2.45) is 10.9 Å². The minimum Gasteiger partial charge on any atom is -0.507 e. The Balaban J connectivity index is 3.02. The van der Waals surface area contributed by atoms with Crippen molar-refractivity contribution in [2.75, 3.05) is 7.11 Å². The zero-order chi connectivity index (χ0) is 16.0. The Morgan fingerprint density at radius 3 is 2.71 bits per heavy atom. The molecule has 0 unspecified atom stereocenters. The number of rotatable bonds is 6. The number of carbonyl (C=O) groups excluding carboxylic acids is 1. The highest BCUT2D eigenvalue weighted by Crippen LogP contribution is 2.21. The zero-order valence-corrected chi connectivity index (χ0v) is 12.1. The molecule has 0 aromatic heterocycles. The lowest BCUT2D eigenvalue weighted by atomic mass is 10.0. The molecule has 0 amide bonds. The van der Waals surface area contributed by atoms with Gasteiger partial charge in [0.05, 0.1) is 12.0 Å². The lowest BCUT2D eigenvalue weighted by molar-refractivity contribution is -0.384. The van der Waals surface area contributed by atoms with Gasteiger partial charge in [0.1, 0.15) is 11.8 Å². The van der Waals surface area contributed by atoms with E-state index in [9.17, 15) is 20.0 Å². The predicted octanol–water partition coefficient (Wildman–Crippen LogP) is 2.31. The van der Waals surface area contributed by atoms with E-state index in [4.69, 9.17) is 0 Å². The third kappa shape index (κ3) is 4.87. The molecule has 0 fully saturated rings. The van der Waals surface area contributed by atoms with Gasteiger partial charge in [0.25, 0.3) is 5.69 Å². The van der Waals surface area contributed by atoms with Crippen molar-refractivity contribution >= 4 is 17.9 Å². The van der Waals surface area contributed by atoms with Crippen LogP contribution in [0.5, 0.6) is 5.75 Å². The molecule has 0 aliphatic rings. The molecule has 1 atom stereocenters. The van der Waals surface area contributed by atoms with E-state index >= 15 is 0 Å². The minimum absolute atomic E-state index is 0.141. The van der Waals surface area contributed by atoms with Gasteiger partial charge >= 0.3 is 5.97 Å². The molecule has 21 heavy (non-hydrogen) atoms. The Kier molecular flexibility index (Phi) is 5.83. The Hall–Kier alpha value is -2.44. The molecular weight excluding hydrogens is 276 g/mol. The first-order valence-corrected chi connectivity index (χ1v) is 6.43. The summed E-state index contributed by atoms with van der Waals surface area (Å²) >= 11 is 0. The van der Waals surface area contributed by atoms with Gasteiger partial charge in [-0.1, -0.05) is 13.8 Å². The first-order chi connectivity index (χ1) is 9.85. The molecule has 0 saturated carbocycles. The third-order valence-electron chi connectivity index (χ3n) is 2.78. The molecule has 0 saturated heterocycles. The number of hydrogen-bond acceptors (Lipinski definition) is 6. The van der Waals surface area contributed by atoms with Gasteiger partial charge in [0, 0.05) is 23.9 Å². The van der Waals surface area contributed by atoms with Crippen molar-refractivity contribution in [2.45, 2.75) is 26.3 Å². The highest BCUT2D eigenvalue weighted by molar-refractivity contribution is 5.87. The van der Waals surface area contributed by atoms with Gasteiger partial charge in [-0.15, -0.1) is 0 Å². The molecule has 0 heterocycles. The number of hydrogen-bond donors (Lipinski definition) is 1. The number of non-ortho nitro benzene ring substituents is 1. The molecule has 1 aromatic rings. The number of aliphatic imine (C=N–C) groups is 1. The second-order valence-corrected chi connectivity index (χ2v) is 4.95. The monoisotopic (exact) mass is 294 g/mol. The first kappa shape index (κ1) is 16.6. The normalized spacial score (nSPS) is 12.6. The van der Waals surface area contributed by atoms with Gasteiger partial charge in [-0.3, -0.25) is 15.1 Å². The van der Waals surface area contributed by atoms with Crippen LogP contribution in [0.25, 0.3) is 0 Å². The topological polar surface area (TPSA) is 102 Å². The molecule has 114 valence electrons. The quantitative estimate of drug-likeness (QED) is 0.375. The number of aromatic hydroxyl groups is 1. The summed E-state index contributed by atoms with van der Waals surface area (Å²) in [6.07, 6.45) is 1.74. The maximum atomic E-state index is 11.6. The van der Waals surface area contributed by atoms with Crippen LogP contribution in [0.1, 0.15) is 25.8 Å². The molecule has 0 spiro atoms. The molecule has 1 aromatic carbocycles. The van der Waals surface area contributed by atoms with Crippen molar-refractivity contribution in [3.63, 3.8) is 0 Å². The molecule has 1 N–H and O–H groups in total. The Morgan fingerprint density at radius 1 is 1.52 bits per heavy atom. The van der Waals surface area contributed by atoms with E-state index in [-0.39, 0.29) is 22.9 Å². The van der Waals surface area contributed by atoms with Crippen LogP contribution in [0, 0.1) is 16.0 Å².